The van der Waals surface area contributed by atoms with Gasteiger partial charge in [-0.05, 0) is 30.7 Å². The Morgan fingerprint density at radius 1 is 1.21 bits per heavy atom. The first-order valence-corrected chi connectivity index (χ1v) is 6.47. The van der Waals surface area contributed by atoms with E-state index in [4.69, 9.17) is 16.3 Å². The number of hydrogen-bond donors (Lipinski definition) is 1. The molecule has 0 unspecified atom stereocenters. The first kappa shape index (κ1) is 13.8. The van der Waals surface area contributed by atoms with Gasteiger partial charge in [-0.15, -0.1) is 0 Å². The molecule has 100 valence electrons. The zero-order valence-electron chi connectivity index (χ0n) is 10.8. The molecule has 1 N–H and O–H groups in total. The third-order valence-corrected chi connectivity index (χ3v) is 2.76. The minimum Gasteiger partial charge on any atom is -0.375 e. The molecule has 0 radical (unpaired) electrons. The molecule has 4 nitrogen and oxygen atoms in total. The van der Waals surface area contributed by atoms with Crippen LogP contribution in [0.25, 0.3) is 0 Å². The summed E-state index contributed by atoms with van der Waals surface area (Å²) in [6.45, 7) is 3.79. The van der Waals surface area contributed by atoms with E-state index in [1.165, 1.54) is 0 Å². The quantitative estimate of drug-likeness (QED) is 0.825. The van der Waals surface area contributed by atoms with Gasteiger partial charge in [0.15, 0.2) is 0 Å². The Balaban J connectivity index is 1.66. The van der Waals surface area contributed by atoms with E-state index in [0.29, 0.717) is 25.7 Å². The van der Waals surface area contributed by atoms with Crippen molar-refractivity contribution in [3.05, 3.63) is 52.8 Å². The fourth-order valence-electron chi connectivity index (χ4n) is 1.54. The summed E-state index contributed by atoms with van der Waals surface area (Å²) in [6.07, 6.45) is 1.74. The number of nitrogens with zero attached hydrogens (tertiary/aromatic N) is 2. The Morgan fingerprint density at radius 3 is 2.74 bits per heavy atom. The lowest BCUT2D eigenvalue weighted by Gasteiger charge is -2.06. The highest BCUT2D eigenvalue weighted by Gasteiger charge is 1.96. The molecular weight excluding hydrogens is 262 g/mol. The first-order chi connectivity index (χ1) is 9.24. The molecule has 0 aliphatic rings. The molecule has 1 aromatic heterocycles. The van der Waals surface area contributed by atoms with Crippen molar-refractivity contribution in [1.29, 1.82) is 0 Å². The van der Waals surface area contributed by atoms with Gasteiger partial charge in [0, 0.05) is 23.5 Å². The van der Waals surface area contributed by atoms with E-state index in [0.717, 1.165) is 16.3 Å². The van der Waals surface area contributed by atoms with Crippen LogP contribution in [-0.4, -0.2) is 23.1 Å². The average Bonchev–Trinajstić information content (AvgIpc) is 2.41. The van der Waals surface area contributed by atoms with Crippen LogP contribution >= 0.6 is 11.6 Å². The molecule has 0 aliphatic heterocycles. The largest absolute Gasteiger partial charge is 0.375 e. The lowest BCUT2D eigenvalue weighted by molar-refractivity contribution is 0.130. The lowest BCUT2D eigenvalue weighted by atomic mass is 10.2. The van der Waals surface area contributed by atoms with Crippen LogP contribution in [0.1, 0.15) is 11.3 Å². The smallest absolute Gasteiger partial charge is 0.222 e. The second-order valence-corrected chi connectivity index (χ2v) is 4.56. The fourth-order valence-corrected chi connectivity index (χ4v) is 1.67. The Kier molecular flexibility index (Phi) is 5.12. The molecule has 0 bridgehead atoms. The summed E-state index contributed by atoms with van der Waals surface area (Å²) in [7, 11) is 0. The summed E-state index contributed by atoms with van der Waals surface area (Å²) >= 11 is 5.81. The highest BCUT2D eigenvalue weighted by atomic mass is 35.5. The number of ether oxygens (including phenoxy) is 1. The SMILES string of the molecule is Cc1ccnc(NCCOCc2ccc(Cl)cc2)n1. The predicted molar refractivity (Wildman–Crippen MR) is 76.4 cm³/mol. The van der Waals surface area contributed by atoms with Crippen molar-refractivity contribution in [2.75, 3.05) is 18.5 Å². The maximum Gasteiger partial charge on any atom is 0.222 e. The second-order valence-electron chi connectivity index (χ2n) is 4.13. The number of nitrogens with one attached hydrogen (secondary N) is 1. The van der Waals surface area contributed by atoms with Crippen LogP contribution in [0.3, 0.4) is 0 Å². The first-order valence-electron chi connectivity index (χ1n) is 6.10. The zero-order chi connectivity index (χ0) is 13.5. The van der Waals surface area contributed by atoms with Gasteiger partial charge in [-0.1, -0.05) is 23.7 Å². The highest BCUT2D eigenvalue weighted by molar-refractivity contribution is 6.30. The highest BCUT2D eigenvalue weighted by Crippen LogP contribution is 2.10. The lowest BCUT2D eigenvalue weighted by Crippen LogP contribution is -2.11. The maximum atomic E-state index is 5.81. The van der Waals surface area contributed by atoms with Crippen molar-refractivity contribution in [3.63, 3.8) is 0 Å². The van der Waals surface area contributed by atoms with Crippen molar-refractivity contribution in [2.24, 2.45) is 0 Å². The topological polar surface area (TPSA) is 47.0 Å². The molecule has 1 heterocycles. The van der Waals surface area contributed by atoms with Crippen molar-refractivity contribution >= 4 is 17.5 Å². The summed E-state index contributed by atoms with van der Waals surface area (Å²) in [6, 6.07) is 9.50. The molecule has 0 saturated carbocycles. The molecule has 2 aromatic rings. The summed E-state index contributed by atoms with van der Waals surface area (Å²) in [4.78, 5) is 8.36. The van der Waals surface area contributed by atoms with Crippen LogP contribution < -0.4 is 5.32 Å². The van der Waals surface area contributed by atoms with Gasteiger partial charge in [-0.25, -0.2) is 9.97 Å². The Labute approximate surface area is 117 Å². The van der Waals surface area contributed by atoms with Crippen molar-refractivity contribution in [1.82, 2.24) is 9.97 Å². The van der Waals surface area contributed by atoms with Crippen LogP contribution in [0, 0.1) is 6.92 Å². The number of aromatic nitrogens is 2. The average molecular weight is 278 g/mol. The van der Waals surface area contributed by atoms with Crippen molar-refractivity contribution in [2.45, 2.75) is 13.5 Å². The molecule has 0 saturated heterocycles. The summed E-state index contributed by atoms with van der Waals surface area (Å²) in [5.74, 6) is 0.634. The van der Waals surface area contributed by atoms with E-state index in [1.54, 1.807) is 6.20 Å². The zero-order valence-corrected chi connectivity index (χ0v) is 11.5. The minimum absolute atomic E-state index is 0.577. The molecular formula is C14H16ClN3O. The van der Waals surface area contributed by atoms with Gasteiger partial charge in [-0.3, -0.25) is 0 Å². The Hall–Kier alpha value is -1.65. The number of rotatable bonds is 6. The van der Waals surface area contributed by atoms with Gasteiger partial charge in [-0.2, -0.15) is 0 Å². The standard InChI is InChI=1S/C14H16ClN3O/c1-11-6-7-16-14(18-11)17-8-9-19-10-12-2-4-13(15)5-3-12/h2-7H,8-10H2,1H3,(H,16,17,18). The third kappa shape index (κ3) is 4.85. The van der Waals surface area contributed by atoms with E-state index in [-0.39, 0.29) is 0 Å². The van der Waals surface area contributed by atoms with Gasteiger partial charge < -0.3 is 10.1 Å². The molecule has 0 aliphatic carbocycles. The number of halogens is 1. The van der Waals surface area contributed by atoms with Gasteiger partial charge in [0.25, 0.3) is 0 Å². The van der Waals surface area contributed by atoms with Crippen LogP contribution in [0.5, 0.6) is 0 Å². The molecule has 2 rings (SSSR count). The van der Waals surface area contributed by atoms with Gasteiger partial charge >= 0.3 is 0 Å². The monoisotopic (exact) mass is 277 g/mol. The number of benzene rings is 1. The normalized spacial score (nSPS) is 10.4. The molecule has 0 fully saturated rings. The van der Waals surface area contributed by atoms with Gasteiger partial charge in [0.1, 0.15) is 0 Å². The molecule has 1 aromatic carbocycles. The Bertz CT molecular complexity index is 516. The molecule has 0 amide bonds. The van der Waals surface area contributed by atoms with Crippen molar-refractivity contribution in [3.8, 4) is 0 Å². The number of anilines is 1. The minimum atomic E-state index is 0.577. The van der Waals surface area contributed by atoms with E-state index in [1.807, 2.05) is 37.3 Å². The van der Waals surface area contributed by atoms with Crippen LogP contribution in [-0.2, 0) is 11.3 Å². The second kappa shape index (κ2) is 7.07. The number of aryl methyl sites for hydroxylation is 1. The van der Waals surface area contributed by atoms with Crippen LogP contribution in [0.2, 0.25) is 5.02 Å². The summed E-state index contributed by atoms with van der Waals surface area (Å²) < 4.78 is 5.55. The van der Waals surface area contributed by atoms with E-state index < -0.39 is 0 Å². The Morgan fingerprint density at radius 2 is 2.00 bits per heavy atom. The van der Waals surface area contributed by atoms with E-state index in [9.17, 15) is 0 Å². The predicted octanol–water partition coefficient (Wildman–Crippen LogP) is 3.07. The number of hydrogen-bond acceptors (Lipinski definition) is 4. The summed E-state index contributed by atoms with van der Waals surface area (Å²) in [5.41, 5.74) is 2.05. The van der Waals surface area contributed by atoms with E-state index in [2.05, 4.69) is 15.3 Å². The third-order valence-electron chi connectivity index (χ3n) is 2.51. The van der Waals surface area contributed by atoms with Crippen LogP contribution in [0.15, 0.2) is 36.5 Å². The molecule has 0 atom stereocenters. The summed E-state index contributed by atoms with van der Waals surface area (Å²) in [5, 5.41) is 3.85. The van der Waals surface area contributed by atoms with Crippen molar-refractivity contribution < 1.29 is 4.74 Å². The van der Waals surface area contributed by atoms with Crippen LogP contribution in [0.4, 0.5) is 5.95 Å². The fraction of sp³-hybridized carbons (Fsp3) is 0.286. The molecule has 19 heavy (non-hydrogen) atoms. The van der Waals surface area contributed by atoms with Gasteiger partial charge in [0.2, 0.25) is 5.95 Å². The molecule has 0 spiro atoms. The van der Waals surface area contributed by atoms with E-state index >= 15 is 0 Å². The molecule has 5 heteroatoms. The van der Waals surface area contributed by atoms with Gasteiger partial charge in [0.05, 0.1) is 13.2 Å². The maximum absolute atomic E-state index is 5.81.